The molecule has 0 aliphatic carbocycles. The van der Waals surface area contributed by atoms with Gasteiger partial charge < -0.3 is 10.5 Å². The van der Waals surface area contributed by atoms with Crippen molar-refractivity contribution in [1.82, 2.24) is 0 Å². The maximum absolute atomic E-state index is 10.8. The molecule has 0 saturated carbocycles. The Morgan fingerprint density at radius 2 is 2.50 bits per heavy atom. The molecule has 2 N–H and O–H groups in total. The van der Waals surface area contributed by atoms with Crippen molar-refractivity contribution in [2.24, 2.45) is 11.7 Å². The molecule has 0 aromatic rings. The Balaban J connectivity index is 2.20. The first-order valence-electron chi connectivity index (χ1n) is 3.71. The minimum atomic E-state index is -0.0338. The molecule has 1 fully saturated rings. The first-order valence-corrected chi connectivity index (χ1v) is 3.71. The van der Waals surface area contributed by atoms with Crippen LogP contribution < -0.4 is 5.73 Å². The van der Waals surface area contributed by atoms with E-state index in [2.05, 4.69) is 0 Å². The van der Waals surface area contributed by atoms with Crippen LogP contribution >= 0.6 is 0 Å². The normalized spacial score (nSPS) is 24.9. The second kappa shape index (κ2) is 3.56. The topological polar surface area (TPSA) is 52.3 Å². The van der Waals surface area contributed by atoms with Crippen LogP contribution in [0.2, 0.25) is 0 Å². The van der Waals surface area contributed by atoms with E-state index in [1.54, 1.807) is 0 Å². The van der Waals surface area contributed by atoms with Gasteiger partial charge in [-0.1, -0.05) is 0 Å². The van der Waals surface area contributed by atoms with E-state index in [0.29, 0.717) is 13.2 Å². The standard InChI is InChI=1S/C7H13NO2/c8-4-1-2-6-3-5-10-7(6)9/h6H,1-5,8H2/t6-/m0/s1. The van der Waals surface area contributed by atoms with Gasteiger partial charge in [-0.3, -0.25) is 4.79 Å². The lowest BCUT2D eigenvalue weighted by molar-refractivity contribution is -0.141. The van der Waals surface area contributed by atoms with E-state index in [0.717, 1.165) is 19.3 Å². The van der Waals surface area contributed by atoms with Crippen molar-refractivity contribution in [3.05, 3.63) is 0 Å². The lowest BCUT2D eigenvalue weighted by Gasteiger charge is -2.01. The van der Waals surface area contributed by atoms with Crippen molar-refractivity contribution in [2.75, 3.05) is 13.2 Å². The molecule has 0 aromatic heterocycles. The minimum absolute atomic E-state index is 0.0338. The second-order valence-electron chi connectivity index (χ2n) is 2.58. The van der Waals surface area contributed by atoms with Gasteiger partial charge in [-0.2, -0.15) is 0 Å². The van der Waals surface area contributed by atoms with Crippen molar-refractivity contribution >= 4 is 5.97 Å². The first-order chi connectivity index (χ1) is 4.84. The maximum atomic E-state index is 10.8. The highest BCUT2D eigenvalue weighted by Gasteiger charge is 2.25. The molecule has 1 aliphatic rings. The average Bonchev–Trinajstić information content (AvgIpc) is 2.31. The van der Waals surface area contributed by atoms with Crippen molar-refractivity contribution in [3.63, 3.8) is 0 Å². The van der Waals surface area contributed by atoms with Crippen LogP contribution in [0, 0.1) is 5.92 Å². The predicted octanol–water partition coefficient (Wildman–Crippen LogP) is 0.288. The van der Waals surface area contributed by atoms with Crippen molar-refractivity contribution in [2.45, 2.75) is 19.3 Å². The maximum Gasteiger partial charge on any atom is 0.309 e. The summed E-state index contributed by atoms with van der Waals surface area (Å²) in [5.41, 5.74) is 5.30. The zero-order valence-corrected chi connectivity index (χ0v) is 6.01. The summed E-state index contributed by atoms with van der Waals surface area (Å²) >= 11 is 0. The minimum Gasteiger partial charge on any atom is -0.465 e. The Bertz CT molecular complexity index is 125. The third kappa shape index (κ3) is 1.70. The summed E-state index contributed by atoms with van der Waals surface area (Å²) in [6.45, 7) is 1.28. The molecule has 1 heterocycles. The Labute approximate surface area is 60.5 Å². The van der Waals surface area contributed by atoms with Gasteiger partial charge in [0.05, 0.1) is 12.5 Å². The number of esters is 1. The van der Waals surface area contributed by atoms with E-state index in [4.69, 9.17) is 10.5 Å². The third-order valence-corrected chi connectivity index (χ3v) is 1.80. The average molecular weight is 143 g/mol. The van der Waals surface area contributed by atoms with Crippen molar-refractivity contribution < 1.29 is 9.53 Å². The van der Waals surface area contributed by atoms with Gasteiger partial charge in [0.15, 0.2) is 0 Å². The molecule has 1 atom stereocenters. The van der Waals surface area contributed by atoms with Crippen LogP contribution in [-0.4, -0.2) is 19.1 Å². The van der Waals surface area contributed by atoms with E-state index < -0.39 is 0 Å². The highest BCUT2D eigenvalue weighted by atomic mass is 16.5. The van der Waals surface area contributed by atoms with Gasteiger partial charge >= 0.3 is 5.97 Å². The molecule has 3 heteroatoms. The molecule has 3 nitrogen and oxygen atoms in total. The molecule has 1 saturated heterocycles. The fraction of sp³-hybridized carbons (Fsp3) is 0.857. The monoisotopic (exact) mass is 143 g/mol. The Hall–Kier alpha value is -0.570. The molecular weight excluding hydrogens is 130 g/mol. The van der Waals surface area contributed by atoms with E-state index in [1.165, 1.54) is 0 Å². The van der Waals surface area contributed by atoms with Crippen LogP contribution in [0.25, 0.3) is 0 Å². The molecule has 10 heavy (non-hydrogen) atoms. The van der Waals surface area contributed by atoms with Crippen LogP contribution in [0.3, 0.4) is 0 Å². The Kier molecular flexibility index (Phi) is 2.68. The molecule has 0 amide bonds. The highest BCUT2D eigenvalue weighted by Crippen LogP contribution is 2.18. The smallest absolute Gasteiger partial charge is 0.309 e. The quantitative estimate of drug-likeness (QED) is 0.578. The molecular formula is C7H13NO2. The highest BCUT2D eigenvalue weighted by molar-refractivity contribution is 5.73. The van der Waals surface area contributed by atoms with Crippen LogP contribution in [0.1, 0.15) is 19.3 Å². The number of rotatable bonds is 3. The van der Waals surface area contributed by atoms with Crippen molar-refractivity contribution in [1.29, 1.82) is 0 Å². The fourth-order valence-corrected chi connectivity index (χ4v) is 1.16. The zero-order valence-electron chi connectivity index (χ0n) is 6.01. The first kappa shape index (κ1) is 7.54. The second-order valence-corrected chi connectivity index (χ2v) is 2.58. The summed E-state index contributed by atoms with van der Waals surface area (Å²) in [6, 6.07) is 0. The Morgan fingerprint density at radius 1 is 1.70 bits per heavy atom. The molecule has 0 spiro atoms. The third-order valence-electron chi connectivity index (χ3n) is 1.80. The molecule has 0 radical (unpaired) electrons. The van der Waals surface area contributed by atoms with Gasteiger partial charge in [0.1, 0.15) is 0 Å². The van der Waals surface area contributed by atoms with E-state index in [1.807, 2.05) is 0 Å². The molecule has 58 valence electrons. The van der Waals surface area contributed by atoms with Gasteiger partial charge in [-0.25, -0.2) is 0 Å². The number of hydrogen-bond acceptors (Lipinski definition) is 3. The van der Waals surface area contributed by atoms with Gasteiger partial charge in [0.2, 0.25) is 0 Å². The molecule has 1 aliphatic heterocycles. The summed E-state index contributed by atoms with van der Waals surface area (Å²) in [6.07, 6.45) is 2.72. The molecule has 1 rings (SSSR count). The molecule has 0 aromatic carbocycles. The molecule has 0 bridgehead atoms. The summed E-state index contributed by atoms with van der Waals surface area (Å²) < 4.78 is 4.78. The van der Waals surface area contributed by atoms with Crippen LogP contribution in [0.4, 0.5) is 0 Å². The van der Waals surface area contributed by atoms with Crippen LogP contribution in [0.5, 0.6) is 0 Å². The molecule has 0 unspecified atom stereocenters. The lowest BCUT2D eigenvalue weighted by atomic mass is 10.0. The van der Waals surface area contributed by atoms with Gasteiger partial charge in [-0.05, 0) is 25.8 Å². The van der Waals surface area contributed by atoms with Crippen molar-refractivity contribution in [3.8, 4) is 0 Å². The largest absolute Gasteiger partial charge is 0.465 e. The predicted molar refractivity (Wildman–Crippen MR) is 37.4 cm³/mol. The summed E-state index contributed by atoms with van der Waals surface area (Å²) in [5.74, 6) is 0.108. The van der Waals surface area contributed by atoms with Gasteiger partial charge in [-0.15, -0.1) is 0 Å². The van der Waals surface area contributed by atoms with Crippen LogP contribution in [0.15, 0.2) is 0 Å². The van der Waals surface area contributed by atoms with Gasteiger partial charge in [0.25, 0.3) is 0 Å². The van der Waals surface area contributed by atoms with Gasteiger partial charge in [0, 0.05) is 0 Å². The number of ether oxygens (including phenoxy) is 1. The number of carbonyl (C=O) groups is 1. The fourth-order valence-electron chi connectivity index (χ4n) is 1.16. The number of carbonyl (C=O) groups excluding carboxylic acids is 1. The van der Waals surface area contributed by atoms with E-state index in [-0.39, 0.29) is 11.9 Å². The van der Waals surface area contributed by atoms with Crippen LogP contribution in [-0.2, 0) is 9.53 Å². The summed E-state index contributed by atoms with van der Waals surface area (Å²) in [4.78, 5) is 10.8. The Morgan fingerprint density at radius 3 is 3.00 bits per heavy atom. The number of nitrogens with two attached hydrogens (primary N) is 1. The summed E-state index contributed by atoms with van der Waals surface area (Å²) in [5, 5.41) is 0. The number of hydrogen-bond donors (Lipinski definition) is 1. The number of cyclic esters (lactones) is 1. The lowest BCUT2D eigenvalue weighted by Crippen LogP contribution is -2.09. The SMILES string of the molecule is NCCC[C@H]1CCOC1=O. The zero-order chi connectivity index (χ0) is 7.40. The van der Waals surface area contributed by atoms with E-state index >= 15 is 0 Å². The summed E-state index contributed by atoms with van der Waals surface area (Å²) in [7, 11) is 0. The van der Waals surface area contributed by atoms with E-state index in [9.17, 15) is 4.79 Å².